The minimum absolute atomic E-state index is 0.0303. The van der Waals surface area contributed by atoms with Crippen LogP contribution in [0, 0.1) is 0 Å². The summed E-state index contributed by atoms with van der Waals surface area (Å²) in [6.07, 6.45) is 0. The monoisotopic (exact) mass is 247 g/mol. The molecule has 2 fully saturated rings. The first-order valence-electron chi connectivity index (χ1n) is 5.33. The van der Waals surface area contributed by atoms with Gasteiger partial charge in [0.05, 0.1) is 18.1 Å². The molecule has 2 rings (SSSR count). The molecule has 2 heterocycles. The van der Waals surface area contributed by atoms with Gasteiger partial charge in [0.1, 0.15) is 0 Å². The van der Waals surface area contributed by atoms with Crippen LogP contribution in [0.2, 0.25) is 0 Å². The summed E-state index contributed by atoms with van der Waals surface area (Å²) in [5.74, 6) is 0.159. The van der Waals surface area contributed by atoms with Crippen LogP contribution in [-0.4, -0.2) is 74.4 Å². The van der Waals surface area contributed by atoms with Gasteiger partial charge in [0, 0.05) is 32.2 Å². The third-order valence-electron chi connectivity index (χ3n) is 3.32. The van der Waals surface area contributed by atoms with Gasteiger partial charge in [-0.2, -0.15) is 0 Å². The van der Waals surface area contributed by atoms with Crippen molar-refractivity contribution in [1.82, 2.24) is 9.80 Å². The van der Waals surface area contributed by atoms with Gasteiger partial charge in [-0.1, -0.05) is 0 Å². The molecule has 0 radical (unpaired) electrons. The summed E-state index contributed by atoms with van der Waals surface area (Å²) in [6, 6.07) is -0.552. The van der Waals surface area contributed by atoms with E-state index in [1.54, 1.807) is 11.9 Å². The van der Waals surface area contributed by atoms with Gasteiger partial charge >= 0.3 is 0 Å². The van der Waals surface area contributed by atoms with Crippen LogP contribution in [0.25, 0.3) is 0 Å². The summed E-state index contributed by atoms with van der Waals surface area (Å²) in [4.78, 5) is 15.1. The van der Waals surface area contributed by atoms with Gasteiger partial charge in [0.25, 0.3) is 0 Å². The van der Waals surface area contributed by atoms with Gasteiger partial charge in [-0.05, 0) is 0 Å². The first kappa shape index (κ1) is 11.8. The van der Waals surface area contributed by atoms with Crippen LogP contribution in [0.5, 0.6) is 0 Å². The second-order valence-electron chi connectivity index (χ2n) is 4.59. The molecule has 0 aliphatic carbocycles. The summed E-state index contributed by atoms with van der Waals surface area (Å²) < 4.78 is 22.9. The average Bonchev–Trinajstić information content (AvgIpc) is 2.45. The van der Waals surface area contributed by atoms with Crippen LogP contribution in [-0.2, 0) is 14.6 Å². The molecule has 2 N–H and O–H groups in total. The molecular formula is C9H17N3O3S. The fourth-order valence-electron chi connectivity index (χ4n) is 2.29. The largest absolute Gasteiger partial charge is 0.343 e. The highest BCUT2D eigenvalue weighted by Gasteiger charge is 2.40. The average molecular weight is 247 g/mol. The number of likely N-dealkylation sites (N-methyl/N-ethyl adjacent to an activating group) is 1. The molecule has 7 heteroatoms. The van der Waals surface area contributed by atoms with E-state index in [-0.39, 0.29) is 36.0 Å². The number of nitrogens with two attached hydrogens (primary N) is 1. The number of carbonyl (C=O) groups excluding carboxylic acids is 1. The topological polar surface area (TPSA) is 83.7 Å². The van der Waals surface area contributed by atoms with Crippen molar-refractivity contribution in [2.75, 3.05) is 38.2 Å². The maximum atomic E-state index is 11.5. The minimum Gasteiger partial charge on any atom is -0.343 e. The number of hydrogen-bond acceptors (Lipinski definition) is 5. The van der Waals surface area contributed by atoms with E-state index in [2.05, 4.69) is 0 Å². The van der Waals surface area contributed by atoms with Crippen LogP contribution in [0.4, 0.5) is 0 Å². The number of rotatable bonds is 1. The van der Waals surface area contributed by atoms with Crippen molar-refractivity contribution >= 4 is 15.7 Å². The fourth-order valence-corrected chi connectivity index (χ4v) is 4.22. The van der Waals surface area contributed by atoms with Gasteiger partial charge in [0.15, 0.2) is 9.84 Å². The Kier molecular flexibility index (Phi) is 2.93. The van der Waals surface area contributed by atoms with Crippen molar-refractivity contribution in [3.05, 3.63) is 0 Å². The predicted octanol–water partition coefficient (Wildman–Crippen LogP) is -2.12. The maximum absolute atomic E-state index is 11.5. The van der Waals surface area contributed by atoms with Gasteiger partial charge in [-0.15, -0.1) is 0 Å². The Morgan fingerprint density at radius 2 is 2.00 bits per heavy atom. The van der Waals surface area contributed by atoms with E-state index in [0.29, 0.717) is 13.1 Å². The summed E-state index contributed by atoms with van der Waals surface area (Å²) in [6.45, 7) is 1.63. The van der Waals surface area contributed by atoms with Crippen LogP contribution >= 0.6 is 0 Å². The van der Waals surface area contributed by atoms with Gasteiger partial charge in [0.2, 0.25) is 5.91 Å². The number of sulfone groups is 1. The SMILES string of the molecule is CN1CCN(C2CS(=O)(=O)CC2N)CC1=O. The lowest BCUT2D eigenvalue weighted by Crippen LogP contribution is -2.56. The van der Waals surface area contributed by atoms with E-state index in [0.717, 1.165) is 0 Å². The van der Waals surface area contributed by atoms with Crippen molar-refractivity contribution in [2.24, 2.45) is 5.73 Å². The van der Waals surface area contributed by atoms with Crippen LogP contribution in [0.1, 0.15) is 0 Å². The zero-order valence-corrected chi connectivity index (χ0v) is 10.1. The van der Waals surface area contributed by atoms with Crippen LogP contribution in [0.3, 0.4) is 0 Å². The van der Waals surface area contributed by atoms with Crippen molar-refractivity contribution in [2.45, 2.75) is 12.1 Å². The van der Waals surface area contributed by atoms with Gasteiger partial charge in [-0.3, -0.25) is 9.69 Å². The van der Waals surface area contributed by atoms with E-state index in [1.165, 1.54) is 0 Å². The Morgan fingerprint density at radius 3 is 2.50 bits per heavy atom. The molecule has 2 atom stereocenters. The maximum Gasteiger partial charge on any atom is 0.236 e. The van der Waals surface area contributed by atoms with E-state index in [4.69, 9.17) is 5.73 Å². The summed E-state index contributed by atoms with van der Waals surface area (Å²) in [7, 11) is -1.26. The Morgan fingerprint density at radius 1 is 1.31 bits per heavy atom. The molecule has 0 aromatic carbocycles. The lowest BCUT2D eigenvalue weighted by Gasteiger charge is -2.36. The number of amides is 1. The molecule has 92 valence electrons. The summed E-state index contributed by atoms with van der Waals surface area (Å²) >= 11 is 0. The molecule has 2 aliphatic rings. The van der Waals surface area contributed by atoms with Gasteiger partial charge < -0.3 is 10.6 Å². The number of piperazine rings is 1. The predicted molar refractivity (Wildman–Crippen MR) is 59.6 cm³/mol. The molecule has 0 aromatic rings. The standard InChI is InChI=1S/C9H17N3O3S/c1-11-2-3-12(4-9(11)13)8-6-16(14,15)5-7(8)10/h7-8H,2-6,10H2,1H3. The first-order valence-corrected chi connectivity index (χ1v) is 7.15. The second-order valence-corrected chi connectivity index (χ2v) is 6.75. The van der Waals surface area contributed by atoms with E-state index < -0.39 is 9.84 Å². The first-order chi connectivity index (χ1) is 7.39. The van der Waals surface area contributed by atoms with Crippen molar-refractivity contribution in [1.29, 1.82) is 0 Å². The lowest BCUT2D eigenvalue weighted by molar-refractivity contribution is -0.135. The third-order valence-corrected chi connectivity index (χ3v) is 5.06. The molecule has 2 saturated heterocycles. The molecule has 0 aromatic heterocycles. The third kappa shape index (κ3) is 2.21. The normalized spacial score (nSPS) is 35.6. The number of carbonyl (C=O) groups is 1. The summed E-state index contributed by atoms with van der Waals surface area (Å²) in [5.41, 5.74) is 5.82. The molecule has 16 heavy (non-hydrogen) atoms. The fraction of sp³-hybridized carbons (Fsp3) is 0.889. The molecule has 0 bridgehead atoms. The van der Waals surface area contributed by atoms with Crippen molar-refractivity contribution in [3.63, 3.8) is 0 Å². The molecule has 6 nitrogen and oxygen atoms in total. The van der Waals surface area contributed by atoms with E-state index in [9.17, 15) is 13.2 Å². The zero-order chi connectivity index (χ0) is 11.9. The molecule has 1 amide bonds. The molecule has 2 aliphatic heterocycles. The highest BCUT2D eigenvalue weighted by Crippen LogP contribution is 2.18. The van der Waals surface area contributed by atoms with E-state index >= 15 is 0 Å². The van der Waals surface area contributed by atoms with Crippen LogP contribution in [0.15, 0.2) is 0 Å². The Bertz CT molecular complexity index is 395. The summed E-state index contributed by atoms with van der Waals surface area (Å²) in [5, 5.41) is 0. The highest BCUT2D eigenvalue weighted by molar-refractivity contribution is 7.91. The number of nitrogens with zero attached hydrogens (tertiary/aromatic N) is 2. The Balaban J connectivity index is 2.07. The highest BCUT2D eigenvalue weighted by atomic mass is 32.2. The van der Waals surface area contributed by atoms with Crippen LogP contribution < -0.4 is 5.73 Å². The molecule has 2 unspecified atom stereocenters. The Hall–Kier alpha value is -0.660. The van der Waals surface area contributed by atoms with Crippen molar-refractivity contribution < 1.29 is 13.2 Å². The molecule has 0 spiro atoms. The smallest absolute Gasteiger partial charge is 0.236 e. The minimum atomic E-state index is -3.02. The Labute approximate surface area is 95.3 Å². The number of hydrogen-bond donors (Lipinski definition) is 1. The lowest BCUT2D eigenvalue weighted by atomic mass is 10.1. The second kappa shape index (κ2) is 3.97. The molecular weight excluding hydrogens is 230 g/mol. The quantitative estimate of drug-likeness (QED) is 0.573. The molecule has 0 saturated carbocycles. The van der Waals surface area contributed by atoms with E-state index in [1.807, 2.05) is 4.90 Å². The zero-order valence-electron chi connectivity index (χ0n) is 9.30. The van der Waals surface area contributed by atoms with Gasteiger partial charge in [-0.25, -0.2) is 8.42 Å². The van der Waals surface area contributed by atoms with Crippen molar-refractivity contribution in [3.8, 4) is 0 Å².